The second-order valence-corrected chi connectivity index (χ2v) is 9.40. The van der Waals surface area contributed by atoms with Crippen molar-refractivity contribution in [2.45, 2.75) is 25.2 Å². The van der Waals surface area contributed by atoms with Crippen molar-refractivity contribution < 1.29 is 27.1 Å². The number of benzene rings is 1. The molecule has 0 N–H and O–H groups in total. The highest BCUT2D eigenvalue weighted by molar-refractivity contribution is 7.89. The largest absolute Gasteiger partial charge is 0.452 e. The summed E-state index contributed by atoms with van der Waals surface area (Å²) in [6, 6.07) is 2.88. The number of rotatable bonds is 5. The summed E-state index contributed by atoms with van der Waals surface area (Å²) in [5.41, 5.74) is -0.522. The molecule has 0 radical (unpaired) electrons. The molecule has 1 fully saturated rings. The fourth-order valence-electron chi connectivity index (χ4n) is 3.19. The first-order valence-electron chi connectivity index (χ1n) is 8.69. The van der Waals surface area contributed by atoms with E-state index in [2.05, 4.69) is 0 Å². The molecule has 9 heteroatoms. The molecule has 1 saturated heterocycles. The molecule has 7 nitrogen and oxygen atoms in total. The van der Waals surface area contributed by atoms with E-state index in [1.807, 2.05) is 13.8 Å². The minimum absolute atomic E-state index is 0.231. The van der Waals surface area contributed by atoms with Crippen LogP contribution < -0.4 is 0 Å². The predicted octanol–water partition coefficient (Wildman–Crippen LogP) is 1.74. The van der Waals surface area contributed by atoms with Gasteiger partial charge in [0.2, 0.25) is 10.0 Å². The Hall–Kier alpha value is -2.00. The standard InChI is InChI=1S/C18H25FN2O5S/c1-12-7-13(2)10-21(9-12)17(22)11-26-18(23)15-8-14(5-6-16(15)19)27(24,25)20(3)4/h5-6,8,12-13H,7,9-11H2,1-4H3/t12-,13-/m0/s1. The number of piperidine rings is 1. The van der Waals surface area contributed by atoms with Gasteiger partial charge in [-0.15, -0.1) is 0 Å². The first-order valence-corrected chi connectivity index (χ1v) is 10.1. The summed E-state index contributed by atoms with van der Waals surface area (Å²) in [5.74, 6) is -1.61. The number of halogens is 1. The van der Waals surface area contributed by atoms with Crippen LogP contribution in [-0.4, -0.2) is 63.3 Å². The van der Waals surface area contributed by atoms with Crippen LogP contribution in [0.15, 0.2) is 23.1 Å². The Bertz CT molecular complexity index is 815. The van der Waals surface area contributed by atoms with E-state index in [0.29, 0.717) is 24.9 Å². The van der Waals surface area contributed by atoms with Crippen molar-refractivity contribution in [2.24, 2.45) is 11.8 Å². The Morgan fingerprint density at radius 2 is 1.81 bits per heavy atom. The number of amides is 1. The number of hydrogen-bond donors (Lipinski definition) is 0. The molecule has 0 saturated carbocycles. The molecule has 2 rings (SSSR count). The maximum absolute atomic E-state index is 14.0. The van der Waals surface area contributed by atoms with Gasteiger partial charge in [-0.2, -0.15) is 0 Å². The zero-order valence-corrected chi connectivity index (χ0v) is 16.8. The van der Waals surface area contributed by atoms with Crippen LogP contribution in [0.2, 0.25) is 0 Å². The Balaban J connectivity index is 2.09. The van der Waals surface area contributed by atoms with Crippen molar-refractivity contribution >= 4 is 21.9 Å². The molecular formula is C18H25FN2O5S. The van der Waals surface area contributed by atoms with E-state index in [0.717, 1.165) is 28.9 Å². The van der Waals surface area contributed by atoms with E-state index in [1.165, 1.54) is 14.1 Å². The molecule has 1 aliphatic heterocycles. The summed E-state index contributed by atoms with van der Waals surface area (Å²) in [4.78, 5) is 25.9. The Kier molecular flexibility index (Phi) is 6.59. The third kappa shape index (κ3) is 5.04. The van der Waals surface area contributed by atoms with Gasteiger partial charge >= 0.3 is 5.97 Å². The molecule has 0 spiro atoms. The van der Waals surface area contributed by atoms with E-state index in [-0.39, 0.29) is 10.8 Å². The van der Waals surface area contributed by atoms with E-state index in [9.17, 15) is 22.4 Å². The van der Waals surface area contributed by atoms with Crippen LogP contribution >= 0.6 is 0 Å². The van der Waals surface area contributed by atoms with Gasteiger partial charge in [0.15, 0.2) is 6.61 Å². The van der Waals surface area contributed by atoms with Gasteiger partial charge in [-0.05, 0) is 36.5 Å². The van der Waals surface area contributed by atoms with Gasteiger partial charge < -0.3 is 9.64 Å². The molecule has 1 aliphatic rings. The molecule has 1 aromatic rings. The van der Waals surface area contributed by atoms with Gasteiger partial charge in [-0.1, -0.05) is 13.8 Å². The van der Waals surface area contributed by atoms with Crippen molar-refractivity contribution in [3.63, 3.8) is 0 Å². The fourth-order valence-corrected chi connectivity index (χ4v) is 4.12. The fraction of sp³-hybridized carbons (Fsp3) is 0.556. The topological polar surface area (TPSA) is 84.0 Å². The smallest absolute Gasteiger partial charge is 0.341 e. The van der Waals surface area contributed by atoms with Crippen LogP contribution in [-0.2, 0) is 19.6 Å². The number of esters is 1. The number of carbonyl (C=O) groups excluding carboxylic acids is 2. The molecule has 1 aromatic carbocycles. The number of nitrogens with zero attached hydrogens (tertiary/aromatic N) is 2. The zero-order valence-electron chi connectivity index (χ0n) is 15.9. The van der Waals surface area contributed by atoms with Crippen molar-refractivity contribution in [1.29, 1.82) is 0 Å². The van der Waals surface area contributed by atoms with Gasteiger partial charge in [0, 0.05) is 27.2 Å². The molecule has 0 bridgehead atoms. The van der Waals surface area contributed by atoms with Crippen molar-refractivity contribution in [3.8, 4) is 0 Å². The summed E-state index contributed by atoms with van der Waals surface area (Å²) < 4.78 is 44.2. The van der Waals surface area contributed by atoms with E-state index < -0.39 is 34.0 Å². The lowest BCUT2D eigenvalue weighted by Gasteiger charge is -2.34. The van der Waals surface area contributed by atoms with Gasteiger partial charge in [-0.3, -0.25) is 4.79 Å². The number of likely N-dealkylation sites (tertiary alicyclic amines) is 1. The van der Waals surface area contributed by atoms with Crippen LogP contribution in [0.1, 0.15) is 30.6 Å². The number of sulfonamides is 1. The maximum atomic E-state index is 14.0. The summed E-state index contributed by atoms with van der Waals surface area (Å²) >= 11 is 0. The highest BCUT2D eigenvalue weighted by atomic mass is 32.2. The molecule has 1 heterocycles. The average Bonchev–Trinajstić information content (AvgIpc) is 2.58. The number of carbonyl (C=O) groups is 2. The first-order chi connectivity index (χ1) is 12.5. The van der Waals surface area contributed by atoms with E-state index in [4.69, 9.17) is 4.74 Å². The van der Waals surface area contributed by atoms with Gasteiger partial charge in [0.05, 0.1) is 10.5 Å². The van der Waals surface area contributed by atoms with Gasteiger partial charge in [0.25, 0.3) is 5.91 Å². The monoisotopic (exact) mass is 400 g/mol. The molecule has 150 valence electrons. The Morgan fingerprint density at radius 1 is 1.22 bits per heavy atom. The molecule has 0 unspecified atom stereocenters. The normalized spacial score (nSPS) is 20.6. The first kappa shape index (κ1) is 21.3. The van der Waals surface area contributed by atoms with E-state index in [1.54, 1.807) is 4.90 Å². The van der Waals surface area contributed by atoms with Crippen molar-refractivity contribution in [1.82, 2.24) is 9.21 Å². The molecule has 0 aliphatic carbocycles. The minimum Gasteiger partial charge on any atom is -0.452 e. The molecular weight excluding hydrogens is 375 g/mol. The molecule has 0 aromatic heterocycles. The summed E-state index contributed by atoms with van der Waals surface area (Å²) in [5, 5.41) is 0. The number of hydrogen-bond acceptors (Lipinski definition) is 5. The van der Waals surface area contributed by atoms with Crippen molar-refractivity contribution in [3.05, 3.63) is 29.6 Å². The van der Waals surface area contributed by atoms with Crippen LogP contribution in [0.3, 0.4) is 0 Å². The summed E-state index contributed by atoms with van der Waals surface area (Å²) in [6.07, 6.45) is 1.03. The van der Waals surface area contributed by atoms with Gasteiger partial charge in [0.1, 0.15) is 5.82 Å². The highest BCUT2D eigenvalue weighted by Crippen LogP contribution is 2.21. The van der Waals surface area contributed by atoms with Crippen LogP contribution in [0.5, 0.6) is 0 Å². The van der Waals surface area contributed by atoms with Crippen LogP contribution in [0.4, 0.5) is 4.39 Å². The van der Waals surface area contributed by atoms with E-state index >= 15 is 0 Å². The molecule has 2 atom stereocenters. The second kappa shape index (κ2) is 8.35. The Morgan fingerprint density at radius 3 is 2.37 bits per heavy atom. The van der Waals surface area contributed by atoms with Gasteiger partial charge in [-0.25, -0.2) is 21.9 Å². The number of ether oxygens (including phenoxy) is 1. The summed E-state index contributed by atoms with van der Waals surface area (Å²) in [6.45, 7) is 4.77. The third-order valence-corrected chi connectivity index (χ3v) is 6.30. The highest BCUT2D eigenvalue weighted by Gasteiger charge is 2.27. The quantitative estimate of drug-likeness (QED) is 0.703. The average molecular weight is 400 g/mol. The maximum Gasteiger partial charge on any atom is 0.341 e. The van der Waals surface area contributed by atoms with Crippen LogP contribution in [0.25, 0.3) is 0 Å². The Labute approximate surface area is 159 Å². The lowest BCUT2D eigenvalue weighted by molar-refractivity contribution is -0.137. The minimum atomic E-state index is -3.83. The summed E-state index contributed by atoms with van der Waals surface area (Å²) in [7, 11) is -1.17. The lowest BCUT2D eigenvalue weighted by atomic mass is 9.92. The SMILES string of the molecule is C[C@H]1C[C@H](C)CN(C(=O)COC(=O)c2cc(S(=O)(=O)N(C)C)ccc2F)C1. The lowest BCUT2D eigenvalue weighted by Crippen LogP contribution is -2.44. The van der Waals surface area contributed by atoms with Crippen molar-refractivity contribution in [2.75, 3.05) is 33.8 Å². The molecule has 1 amide bonds. The second-order valence-electron chi connectivity index (χ2n) is 7.25. The zero-order chi connectivity index (χ0) is 20.4. The van der Waals surface area contributed by atoms with Crippen LogP contribution in [0, 0.1) is 17.7 Å². The molecule has 27 heavy (non-hydrogen) atoms. The predicted molar refractivity (Wildman–Crippen MR) is 97.1 cm³/mol. The third-order valence-electron chi connectivity index (χ3n) is 4.48.